The normalized spacial score (nSPS) is 20.3. The molecule has 3 aliphatic rings. The zero-order valence-electron chi connectivity index (χ0n) is 16.3. The molecule has 152 valence electrons. The number of likely N-dealkylation sites (tertiary alicyclic amines) is 1. The van der Waals surface area contributed by atoms with E-state index in [0.717, 1.165) is 64.3 Å². The Kier molecular flexibility index (Phi) is 5.07. The summed E-state index contributed by atoms with van der Waals surface area (Å²) < 4.78 is 0. The number of carbonyl (C=O) groups is 2. The van der Waals surface area contributed by atoms with Crippen LogP contribution in [0.2, 0.25) is 0 Å². The van der Waals surface area contributed by atoms with Crippen molar-refractivity contribution in [3.05, 3.63) is 51.5 Å². The van der Waals surface area contributed by atoms with Gasteiger partial charge in [0.2, 0.25) is 0 Å². The first-order valence-electron chi connectivity index (χ1n) is 10.2. The molecule has 0 spiro atoms. The molecule has 0 aliphatic carbocycles. The Morgan fingerprint density at radius 1 is 1.03 bits per heavy atom. The summed E-state index contributed by atoms with van der Waals surface area (Å²) in [5.74, 6) is 0.174. The van der Waals surface area contributed by atoms with E-state index in [4.69, 9.17) is 0 Å². The van der Waals surface area contributed by atoms with Gasteiger partial charge in [0.1, 0.15) is 0 Å². The Morgan fingerprint density at radius 2 is 1.86 bits per heavy atom. The molecule has 1 N–H and O–H groups in total. The number of carbonyl (C=O) groups excluding carboxylic acids is 2. The predicted octanol–water partition coefficient (Wildman–Crippen LogP) is 1.07. The number of aromatic nitrogens is 1. The van der Waals surface area contributed by atoms with Crippen molar-refractivity contribution in [1.82, 2.24) is 25.0 Å². The van der Waals surface area contributed by atoms with Crippen molar-refractivity contribution >= 4 is 23.2 Å². The molecule has 2 fully saturated rings. The first-order valence-corrected chi connectivity index (χ1v) is 11.1. The third-order valence-corrected chi connectivity index (χ3v) is 6.98. The van der Waals surface area contributed by atoms with Crippen LogP contribution in [0.25, 0.3) is 0 Å². The second kappa shape index (κ2) is 7.85. The number of thiazole rings is 1. The fourth-order valence-electron chi connectivity index (χ4n) is 4.40. The van der Waals surface area contributed by atoms with Gasteiger partial charge in [0.15, 0.2) is 5.01 Å². The summed E-state index contributed by atoms with van der Waals surface area (Å²) >= 11 is 1.39. The number of nitrogens with one attached hydrogen (secondary N) is 1. The van der Waals surface area contributed by atoms with Gasteiger partial charge >= 0.3 is 0 Å². The van der Waals surface area contributed by atoms with E-state index in [2.05, 4.69) is 27.3 Å². The summed E-state index contributed by atoms with van der Waals surface area (Å²) in [5, 5.41) is 5.77. The molecule has 1 aromatic heterocycles. The molecule has 3 aliphatic heterocycles. The Hall–Kier alpha value is -2.29. The molecular weight excluding hydrogens is 386 g/mol. The maximum absolute atomic E-state index is 12.8. The van der Waals surface area contributed by atoms with Crippen molar-refractivity contribution in [3.63, 3.8) is 0 Å². The van der Waals surface area contributed by atoms with E-state index in [1.54, 1.807) is 6.20 Å². The molecule has 0 radical (unpaired) electrons. The van der Waals surface area contributed by atoms with E-state index < -0.39 is 0 Å². The van der Waals surface area contributed by atoms with Gasteiger partial charge in [0.05, 0.1) is 0 Å². The van der Waals surface area contributed by atoms with E-state index in [-0.39, 0.29) is 11.8 Å². The summed E-state index contributed by atoms with van der Waals surface area (Å²) in [6, 6.07) is 6.53. The van der Waals surface area contributed by atoms with Crippen molar-refractivity contribution in [2.45, 2.75) is 19.0 Å². The summed E-state index contributed by atoms with van der Waals surface area (Å²) in [6.07, 6.45) is 2.66. The molecule has 4 heterocycles. The van der Waals surface area contributed by atoms with Crippen molar-refractivity contribution in [3.8, 4) is 0 Å². The highest BCUT2D eigenvalue weighted by Gasteiger charge is 2.37. The van der Waals surface area contributed by atoms with Crippen LogP contribution in [0.5, 0.6) is 0 Å². The highest BCUT2D eigenvalue weighted by Crippen LogP contribution is 2.22. The molecule has 7 nitrogen and oxygen atoms in total. The predicted molar refractivity (Wildman–Crippen MR) is 111 cm³/mol. The van der Waals surface area contributed by atoms with Crippen LogP contribution in [-0.2, 0) is 13.0 Å². The summed E-state index contributed by atoms with van der Waals surface area (Å²) in [7, 11) is 0. The quantitative estimate of drug-likeness (QED) is 0.818. The van der Waals surface area contributed by atoms with Gasteiger partial charge < -0.3 is 15.1 Å². The molecular formula is C21H25N5O2S. The van der Waals surface area contributed by atoms with Crippen molar-refractivity contribution in [2.24, 2.45) is 0 Å². The standard InChI is InChI=1S/C21H25N5O2S/c27-20(16-1-2-17-12-22-4-3-15(17)11-16)26-13-18(14-26)24-6-8-25(9-7-24)21(28)19-23-5-10-29-19/h1-2,5,10-11,18,22H,3-4,6-9,12-14H2. The minimum atomic E-state index is 0.0349. The molecule has 0 saturated carbocycles. The number of hydrogen-bond donors (Lipinski definition) is 1. The lowest BCUT2D eigenvalue weighted by atomic mass is 9.97. The fraction of sp³-hybridized carbons (Fsp3) is 0.476. The smallest absolute Gasteiger partial charge is 0.282 e. The van der Waals surface area contributed by atoms with Gasteiger partial charge in [-0.2, -0.15) is 0 Å². The summed E-state index contributed by atoms with van der Waals surface area (Å²) in [5.41, 5.74) is 3.41. The number of benzene rings is 1. The van der Waals surface area contributed by atoms with E-state index in [1.807, 2.05) is 21.2 Å². The number of nitrogens with zero attached hydrogens (tertiary/aromatic N) is 4. The zero-order chi connectivity index (χ0) is 19.8. The minimum Gasteiger partial charge on any atom is -0.335 e. The molecule has 2 amide bonds. The lowest BCUT2D eigenvalue weighted by Crippen LogP contribution is -2.64. The lowest BCUT2D eigenvalue weighted by Gasteiger charge is -2.48. The molecule has 0 unspecified atom stereocenters. The van der Waals surface area contributed by atoms with Crippen LogP contribution in [0.4, 0.5) is 0 Å². The lowest BCUT2D eigenvalue weighted by molar-refractivity contribution is 0.00852. The maximum atomic E-state index is 12.8. The zero-order valence-corrected chi connectivity index (χ0v) is 17.2. The van der Waals surface area contributed by atoms with Gasteiger partial charge in [-0.3, -0.25) is 14.5 Å². The molecule has 5 rings (SSSR count). The van der Waals surface area contributed by atoms with E-state index >= 15 is 0 Å². The monoisotopic (exact) mass is 411 g/mol. The van der Waals surface area contributed by atoms with Gasteiger partial charge in [-0.1, -0.05) is 6.07 Å². The fourth-order valence-corrected chi connectivity index (χ4v) is 5.00. The largest absolute Gasteiger partial charge is 0.335 e. The topological polar surface area (TPSA) is 68.8 Å². The van der Waals surface area contributed by atoms with Gasteiger partial charge in [0, 0.05) is 69.0 Å². The first-order chi connectivity index (χ1) is 14.2. The van der Waals surface area contributed by atoms with Gasteiger partial charge in [-0.05, 0) is 36.2 Å². The Balaban J connectivity index is 1.13. The van der Waals surface area contributed by atoms with Crippen LogP contribution in [0, 0.1) is 0 Å². The number of hydrogen-bond acceptors (Lipinski definition) is 6. The average molecular weight is 412 g/mol. The van der Waals surface area contributed by atoms with Crippen LogP contribution in [-0.4, -0.2) is 83.4 Å². The number of amides is 2. The number of fused-ring (bicyclic) bond motifs is 1. The van der Waals surface area contributed by atoms with Gasteiger partial charge in [-0.25, -0.2) is 4.98 Å². The van der Waals surface area contributed by atoms with Crippen molar-refractivity contribution in [1.29, 1.82) is 0 Å². The molecule has 0 bridgehead atoms. The number of piperazine rings is 1. The Morgan fingerprint density at radius 3 is 2.62 bits per heavy atom. The molecule has 2 aromatic rings. The van der Waals surface area contributed by atoms with Gasteiger partial charge in [0.25, 0.3) is 11.8 Å². The highest BCUT2D eigenvalue weighted by molar-refractivity contribution is 7.11. The minimum absolute atomic E-state index is 0.0349. The molecule has 29 heavy (non-hydrogen) atoms. The first kappa shape index (κ1) is 18.7. The molecule has 8 heteroatoms. The third kappa shape index (κ3) is 3.68. The molecule has 0 atom stereocenters. The van der Waals surface area contributed by atoms with E-state index in [1.165, 1.54) is 22.5 Å². The second-order valence-electron chi connectivity index (χ2n) is 7.94. The van der Waals surface area contributed by atoms with Crippen LogP contribution < -0.4 is 5.32 Å². The number of rotatable bonds is 3. The van der Waals surface area contributed by atoms with Crippen molar-refractivity contribution < 1.29 is 9.59 Å². The van der Waals surface area contributed by atoms with Crippen LogP contribution >= 0.6 is 11.3 Å². The van der Waals surface area contributed by atoms with Crippen LogP contribution in [0.15, 0.2) is 29.8 Å². The second-order valence-corrected chi connectivity index (χ2v) is 8.83. The molecule has 1 aromatic carbocycles. The SMILES string of the molecule is O=C(c1ccc2c(c1)CCNC2)N1CC(N2CCN(C(=O)c3nccs3)CC2)C1. The van der Waals surface area contributed by atoms with E-state index in [9.17, 15) is 9.59 Å². The van der Waals surface area contributed by atoms with Crippen LogP contribution in [0.1, 0.15) is 31.3 Å². The van der Waals surface area contributed by atoms with E-state index in [0.29, 0.717) is 11.0 Å². The third-order valence-electron chi connectivity index (χ3n) is 6.22. The van der Waals surface area contributed by atoms with Crippen molar-refractivity contribution in [2.75, 3.05) is 45.8 Å². The highest BCUT2D eigenvalue weighted by atomic mass is 32.1. The maximum Gasteiger partial charge on any atom is 0.282 e. The summed E-state index contributed by atoms with van der Waals surface area (Å²) in [6.45, 7) is 6.59. The van der Waals surface area contributed by atoms with Gasteiger partial charge in [-0.15, -0.1) is 11.3 Å². The Labute approximate surface area is 174 Å². The average Bonchev–Trinajstić information content (AvgIpc) is 3.27. The Bertz CT molecular complexity index is 902. The molecule has 2 saturated heterocycles. The summed E-state index contributed by atoms with van der Waals surface area (Å²) in [4.78, 5) is 35.6. The van der Waals surface area contributed by atoms with Crippen LogP contribution in [0.3, 0.4) is 0 Å².